The molecule has 1 aromatic heterocycles. The summed E-state index contributed by atoms with van der Waals surface area (Å²) in [6.07, 6.45) is -4.38. The van der Waals surface area contributed by atoms with Crippen molar-refractivity contribution in [2.24, 2.45) is 0 Å². The first-order valence-corrected chi connectivity index (χ1v) is 6.79. The molecule has 0 unspecified atom stereocenters. The maximum Gasteiger partial charge on any atom is 0.416 e. The van der Waals surface area contributed by atoms with Crippen molar-refractivity contribution in [1.82, 2.24) is 15.0 Å². The van der Waals surface area contributed by atoms with Gasteiger partial charge in [0, 0.05) is 0 Å². The minimum absolute atomic E-state index is 0.235. The van der Waals surface area contributed by atoms with Gasteiger partial charge in [0.2, 0.25) is 0 Å². The van der Waals surface area contributed by atoms with Gasteiger partial charge in [-0.3, -0.25) is 0 Å². The normalized spacial score (nSPS) is 12.8. The average Bonchev–Trinajstić information content (AvgIpc) is 2.91. The van der Waals surface area contributed by atoms with Crippen molar-refractivity contribution >= 4 is 11.0 Å². The fraction of sp³-hybridized carbons (Fsp3) is 0.250. The van der Waals surface area contributed by atoms with E-state index in [1.807, 2.05) is 44.2 Å². The van der Waals surface area contributed by atoms with Crippen LogP contribution in [0.4, 0.5) is 13.2 Å². The molecule has 3 aromatic rings. The molecule has 0 atom stereocenters. The molecule has 0 spiro atoms. The van der Waals surface area contributed by atoms with Crippen molar-refractivity contribution < 1.29 is 13.2 Å². The number of hydrogen-bond acceptors (Lipinski definition) is 2. The van der Waals surface area contributed by atoms with E-state index in [-0.39, 0.29) is 5.52 Å². The lowest BCUT2D eigenvalue weighted by Crippen LogP contribution is -2.29. The van der Waals surface area contributed by atoms with Gasteiger partial charge in [0.25, 0.3) is 0 Å². The Morgan fingerprint density at radius 1 is 0.818 bits per heavy atom. The monoisotopic (exact) mass is 305 g/mol. The molecule has 0 saturated carbocycles. The standard InChI is InChI=1S/C16H14F3N3/c1-15(2,11-6-4-3-5-7-11)22-20-13-9-8-12(16(17,18)19)10-14(13)21-22/h3-10H,1-2H3. The van der Waals surface area contributed by atoms with Crippen molar-refractivity contribution in [3.8, 4) is 0 Å². The van der Waals surface area contributed by atoms with Gasteiger partial charge in [0.1, 0.15) is 16.6 Å². The summed E-state index contributed by atoms with van der Waals surface area (Å²) in [4.78, 5) is 1.47. The van der Waals surface area contributed by atoms with Crippen molar-refractivity contribution in [3.05, 3.63) is 59.7 Å². The quantitative estimate of drug-likeness (QED) is 0.709. The fourth-order valence-corrected chi connectivity index (χ4v) is 2.30. The second kappa shape index (κ2) is 4.83. The van der Waals surface area contributed by atoms with Crippen LogP contribution in [0, 0.1) is 0 Å². The van der Waals surface area contributed by atoms with Crippen LogP contribution in [-0.2, 0) is 11.7 Å². The maximum atomic E-state index is 12.8. The molecule has 0 radical (unpaired) electrons. The number of alkyl halides is 3. The summed E-state index contributed by atoms with van der Waals surface area (Å²) in [6, 6.07) is 13.0. The third kappa shape index (κ3) is 2.45. The number of fused-ring (bicyclic) bond motifs is 1. The van der Waals surface area contributed by atoms with Crippen molar-refractivity contribution in [2.45, 2.75) is 25.6 Å². The molecule has 22 heavy (non-hydrogen) atoms. The Hall–Kier alpha value is -2.37. The van der Waals surface area contributed by atoms with E-state index in [1.54, 1.807) is 0 Å². The lowest BCUT2D eigenvalue weighted by Gasteiger charge is -2.24. The summed E-state index contributed by atoms with van der Waals surface area (Å²) >= 11 is 0. The molecular formula is C16H14F3N3. The van der Waals surface area contributed by atoms with Crippen LogP contribution in [0.25, 0.3) is 11.0 Å². The Morgan fingerprint density at radius 3 is 2.09 bits per heavy atom. The first-order valence-electron chi connectivity index (χ1n) is 6.79. The maximum absolute atomic E-state index is 12.8. The number of benzene rings is 2. The summed E-state index contributed by atoms with van der Waals surface area (Å²) in [5.74, 6) is 0. The average molecular weight is 305 g/mol. The van der Waals surface area contributed by atoms with Gasteiger partial charge >= 0.3 is 6.18 Å². The highest BCUT2D eigenvalue weighted by Crippen LogP contribution is 2.31. The lowest BCUT2D eigenvalue weighted by molar-refractivity contribution is -0.137. The van der Waals surface area contributed by atoms with Gasteiger partial charge in [0.15, 0.2) is 0 Å². The van der Waals surface area contributed by atoms with Crippen LogP contribution < -0.4 is 0 Å². The molecule has 3 nitrogen and oxygen atoms in total. The number of nitrogens with zero attached hydrogens (tertiary/aromatic N) is 3. The SMILES string of the molecule is CC(C)(c1ccccc1)n1nc2ccc(C(F)(F)F)cc2n1. The number of rotatable bonds is 2. The van der Waals surface area contributed by atoms with Gasteiger partial charge in [-0.2, -0.15) is 28.2 Å². The molecule has 0 aliphatic heterocycles. The lowest BCUT2D eigenvalue weighted by atomic mass is 9.95. The minimum Gasteiger partial charge on any atom is -0.174 e. The van der Waals surface area contributed by atoms with Crippen molar-refractivity contribution in [2.75, 3.05) is 0 Å². The highest BCUT2D eigenvalue weighted by atomic mass is 19.4. The summed E-state index contributed by atoms with van der Waals surface area (Å²) in [5.41, 5.74) is 0.380. The predicted molar refractivity (Wildman–Crippen MR) is 77.4 cm³/mol. The van der Waals surface area contributed by atoms with Crippen LogP contribution in [0.1, 0.15) is 25.0 Å². The Labute approximate surface area is 125 Å². The second-order valence-corrected chi connectivity index (χ2v) is 5.62. The van der Waals surface area contributed by atoms with E-state index in [9.17, 15) is 13.2 Å². The van der Waals surface area contributed by atoms with Gasteiger partial charge in [-0.25, -0.2) is 0 Å². The molecule has 0 saturated heterocycles. The first-order chi connectivity index (χ1) is 10.3. The van der Waals surface area contributed by atoms with Crippen LogP contribution >= 0.6 is 0 Å². The molecule has 6 heteroatoms. The fourth-order valence-electron chi connectivity index (χ4n) is 2.30. The van der Waals surface area contributed by atoms with Gasteiger partial charge in [0.05, 0.1) is 5.56 Å². The molecule has 1 heterocycles. The largest absolute Gasteiger partial charge is 0.416 e. The molecule has 0 bridgehead atoms. The molecule has 0 fully saturated rings. The number of aromatic nitrogens is 3. The van der Waals surface area contributed by atoms with Crippen LogP contribution in [0.2, 0.25) is 0 Å². The van der Waals surface area contributed by atoms with Crippen molar-refractivity contribution in [3.63, 3.8) is 0 Å². The van der Waals surface area contributed by atoms with Crippen LogP contribution in [0.15, 0.2) is 48.5 Å². The van der Waals surface area contributed by atoms with Crippen LogP contribution in [0.3, 0.4) is 0 Å². The van der Waals surface area contributed by atoms with E-state index in [0.717, 1.165) is 17.7 Å². The highest BCUT2D eigenvalue weighted by molar-refractivity contribution is 5.74. The van der Waals surface area contributed by atoms with E-state index >= 15 is 0 Å². The van der Waals surface area contributed by atoms with Crippen molar-refractivity contribution in [1.29, 1.82) is 0 Å². The van der Waals surface area contributed by atoms with Crippen LogP contribution in [-0.4, -0.2) is 15.0 Å². The smallest absolute Gasteiger partial charge is 0.174 e. The molecule has 0 amide bonds. The minimum atomic E-state index is -4.38. The number of halogens is 3. The molecule has 2 aromatic carbocycles. The Balaban J connectivity index is 2.09. The van der Waals surface area contributed by atoms with E-state index in [2.05, 4.69) is 10.2 Å². The molecule has 3 rings (SSSR count). The van der Waals surface area contributed by atoms with E-state index in [0.29, 0.717) is 5.52 Å². The molecule has 114 valence electrons. The third-order valence-electron chi connectivity index (χ3n) is 3.69. The van der Waals surface area contributed by atoms with E-state index < -0.39 is 17.3 Å². The number of hydrogen-bond donors (Lipinski definition) is 0. The molecule has 0 aliphatic carbocycles. The second-order valence-electron chi connectivity index (χ2n) is 5.62. The van der Waals surface area contributed by atoms with Gasteiger partial charge < -0.3 is 0 Å². The summed E-state index contributed by atoms with van der Waals surface area (Å²) in [6.45, 7) is 3.85. The summed E-state index contributed by atoms with van der Waals surface area (Å²) < 4.78 is 38.3. The predicted octanol–water partition coefficient (Wildman–Crippen LogP) is 4.23. The molecular weight excluding hydrogens is 291 g/mol. The summed E-state index contributed by atoms with van der Waals surface area (Å²) in [5, 5.41) is 8.56. The summed E-state index contributed by atoms with van der Waals surface area (Å²) in [7, 11) is 0. The van der Waals surface area contributed by atoms with Gasteiger partial charge in [-0.05, 0) is 37.6 Å². The Morgan fingerprint density at radius 2 is 1.45 bits per heavy atom. The van der Waals surface area contributed by atoms with Crippen LogP contribution in [0.5, 0.6) is 0 Å². The topological polar surface area (TPSA) is 30.7 Å². The first kappa shape index (κ1) is 14.6. The van der Waals surface area contributed by atoms with Gasteiger partial charge in [-0.15, -0.1) is 0 Å². The highest BCUT2D eigenvalue weighted by Gasteiger charge is 2.31. The zero-order chi connectivity index (χ0) is 16.0. The van der Waals surface area contributed by atoms with E-state index in [4.69, 9.17) is 0 Å². The van der Waals surface area contributed by atoms with Gasteiger partial charge in [-0.1, -0.05) is 30.3 Å². The zero-order valence-corrected chi connectivity index (χ0v) is 12.1. The molecule has 0 N–H and O–H groups in total. The van der Waals surface area contributed by atoms with E-state index in [1.165, 1.54) is 10.9 Å². The third-order valence-corrected chi connectivity index (χ3v) is 3.69. The molecule has 0 aliphatic rings. The Kier molecular flexibility index (Phi) is 3.20. The Bertz CT molecular complexity index is 804. The zero-order valence-electron chi connectivity index (χ0n) is 12.1.